The number of ether oxygens (including phenoxy) is 3. The lowest BCUT2D eigenvalue weighted by Crippen LogP contribution is -2.05. The molecule has 0 aromatic heterocycles. The highest BCUT2D eigenvalue weighted by Gasteiger charge is 2.14. The minimum atomic E-state index is -0.412. The van der Waals surface area contributed by atoms with Gasteiger partial charge in [-0.2, -0.15) is 0 Å². The summed E-state index contributed by atoms with van der Waals surface area (Å²) < 4.78 is 17.3. The number of halogens is 1. The van der Waals surface area contributed by atoms with E-state index in [0.29, 0.717) is 6.61 Å². The standard InChI is InChI=1S/C16H17BrO3/c1-18-16(19-2)14-10-13(8-9-15(14)17)20-11-12-6-4-3-5-7-12/h3-10,16H,11H2,1-2H3. The molecule has 0 fully saturated rings. The first kappa shape index (κ1) is 15.0. The van der Waals surface area contributed by atoms with Gasteiger partial charge in [-0.15, -0.1) is 0 Å². The second kappa shape index (κ2) is 7.43. The molecular formula is C16H17BrO3. The molecule has 3 nitrogen and oxygen atoms in total. The molecule has 20 heavy (non-hydrogen) atoms. The summed E-state index contributed by atoms with van der Waals surface area (Å²) in [6, 6.07) is 15.8. The molecule has 0 saturated heterocycles. The van der Waals surface area contributed by atoms with E-state index < -0.39 is 6.29 Å². The Kier molecular flexibility index (Phi) is 5.59. The van der Waals surface area contributed by atoms with Gasteiger partial charge in [-0.25, -0.2) is 0 Å². The number of hydrogen-bond acceptors (Lipinski definition) is 3. The molecule has 0 aliphatic carbocycles. The van der Waals surface area contributed by atoms with Crippen LogP contribution in [-0.4, -0.2) is 14.2 Å². The molecule has 0 heterocycles. The third-order valence-corrected chi connectivity index (χ3v) is 3.62. The number of benzene rings is 2. The van der Waals surface area contributed by atoms with Gasteiger partial charge in [0.1, 0.15) is 12.4 Å². The molecule has 0 amide bonds. The molecule has 0 aliphatic heterocycles. The van der Waals surface area contributed by atoms with Crippen molar-refractivity contribution in [3.8, 4) is 5.75 Å². The molecule has 0 unspecified atom stereocenters. The first-order valence-corrected chi connectivity index (χ1v) is 7.05. The van der Waals surface area contributed by atoms with Crippen LogP contribution in [-0.2, 0) is 16.1 Å². The van der Waals surface area contributed by atoms with Crippen molar-refractivity contribution in [2.24, 2.45) is 0 Å². The molecule has 2 aromatic carbocycles. The van der Waals surface area contributed by atoms with Crippen LogP contribution in [0.15, 0.2) is 53.0 Å². The predicted molar refractivity (Wildman–Crippen MR) is 81.7 cm³/mol. The molecule has 0 bridgehead atoms. The zero-order valence-electron chi connectivity index (χ0n) is 11.5. The van der Waals surface area contributed by atoms with Gasteiger partial charge in [-0.3, -0.25) is 0 Å². The molecule has 0 saturated carbocycles. The second-order valence-electron chi connectivity index (χ2n) is 4.26. The lowest BCUT2D eigenvalue weighted by atomic mass is 10.2. The van der Waals surface area contributed by atoms with E-state index in [1.54, 1.807) is 14.2 Å². The van der Waals surface area contributed by atoms with Gasteiger partial charge < -0.3 is 14.2 Å². The summed E-state index contributed by atoms with van der Waals surface area (Å²) in [4.78, 5) is 0. The van der Waals surface area contributed by atoms with Gasteiger partial charge in [0.25, 0.3) is 0 Å². The van der Waals surface area contributed by atoms with Gasteiger partial charge in [0.15, 0.2) is 6.29 Å². The van der Waals surface area contributed by atoms with Crippen molar-refractivity contribution >= 4 is 15.9 Å². The first-order chi connectivity index (χ1) is 9.74. The van der Waals surface area contributed by atoms with Crippen molar-refractivity contribution in [3.05, 3.63) is 64.1 Å². The van der Waals surface area contributed by atoms with Crippen LogP contribution in [0.1, 0.15) is 17.4 Å². The average Bonchev–Trinajstić information content (AvgIpc) is 2.50. The molecule has 0 spiro atoms. The molecule has 2 rings (SSSR count). The van der Waals surface area contributed by atoms with Crippen LogP contribution in [0.2, 0.25) is 0 Å². The Bertz CT molecular complexity index is 539. The Hall–Kier alpha value is -1.36. The van der Waals surface area contributed by atoms with Crippen molar-refractivity contribution in [2.75, 3.05) is 14.2 Å². The molecular weight excluding hydrogens is 320 g/mol. The fourth-order valence-electron chi connectivity index (χ4n) is 1.88. The largest absolute Gasteiger partial charge is 0.489 e. The van der Waals surface area contributed by atoms with Crippen LogP contribution in [0.4, 0.5) is 0 Å². The molecule has 0 radical (unpaired) electrons. The average molecular weight is 337 g/mol. The van der Waals surface area contributed by atoms with Gasteiger partial charge in [-0.1, -0.05) is 46.3 Å². The van der Waals surface area contributed by atoms with Crippen LogP contribution >= 0.6 is 15.9 Å². The van der Waals surface area contributed by atoms with Gasteiger partial charge in [0, 0.05) is 24.3 Å². The lowest BCUT2D eigenvalue weighted by Gasteiger charge is -2.16. The van der Waals surface area contributed by atoms with Crippen LogP contribution in [0.3, 0.4) is 0 Å². The normalized spacial score (nSPS) is 10.8. The second-order valence-corrected chi connectivity index (χ2v) is 5.12. The molecule has 2 aromatic rings. The summed E-state index contributed by atoms with van der Waals surface area (Å²) in [6.07, 6.45) is -0.412. The zero-order valence-corrected chi connectivity index (χ0v) is 13.1. The first-order valence-electron chi connectivity index (χ1n) is 6.26. The predicted octanol–water partition coefficient (Wildman–Crippen LogP) is 4.32. The third kappa shape index (κ3) is 3.82. The number of rotatable bonds is 6. The highest BCUT2D eigenvalue weighted by Crippen LogP contribution is 2.30. The van der Waals surface area contributed by atoms with E-state index >= 15 is 0 Å². The van der Waals surface area contributed by atoms with E-state index in [9.17, 15) is 0 Å². The van der Waals surface area contributed by atoms with E-state index in [1.165, 1.54) is 0 Å². The van der Waals surface area contributed by atoms with Crippen LogP contribution < -0.4 is 4.74 Å². The summed E-state index contributed by atoms with van der Waals surface area (Å²) >= 11 is 3.49. The Labute approximate surface area is 127 Å². The van der Waals surface area contributed by atoms with Crippen molar-refractivity contribution in [1.82, 2.24) is 0 Å². The minimum Gasteiger partial charge on any atom is -0.489 e. The Morgan fingerprint density at radius 2 is 1.70 bits per heavy atom. The Morgan fingerprint density at radius 3 is 2.35 bits per heavy atom. The maximum Gasteiger partial charge on any atom is 0.184 e. The topological polar surface area (TPSA) is 27.7 Å². The van der Waals surface area contributed by atoms with Gasteiger partial charge in [0.2, 0.25) is 0 Å². The zero-order chi connectivity index (χ0) is 14.4. The maximum atomic E-state index is 5.79. The Morgan fingerprint density at radius 1 is 1.00 bits per heavy atom. The van der Waals surface area contributed by atoms with Crippen molar-refractivity contribution in [3.63, 3.8) is 0 Å². The molecule has 106 valence electrons. The van der Waals surface area contributed by atoms with Crippen LogP contribution in [0.5, 0.6) is 5.75 Å². The van der Waals surface area contributed by atoms with Gasteiger partial charge in [0.05, 0.1) is 0 Å². The fraction of sp³-hybridized carbons (Fsp3) is 0.250. The Balaban J connectivity index is 2.11. The molecule has 0 atom stereocenters. The molecule has 0 aliphatic rings. The monoisotopic (exact) mass is 336 g/mol. The van der Waals surface area contributed by atoms with Gasteiger partial charge >= 0.3 is 0 Å². The van der Waals surface area contributed by atoms with Crippen molar-refractivity contribution < 1.29 is 14.2 Å². The maximum absolute atomic E-state index is 5.79. The highest BCUT2D eigenvalue weighted by molar-refractivity contribution is 9.10. The SMILES string of the molecule is COC(OC)c1cc(OCc2ccccc2)ccc1Br. The van der Waals surface area contributed by atoms with E-state index in [4.69, 9.17) is 14.2 Å². The fourth-order valence-corrected chi connectivity index (χ4v) is 2.32. The molecule has 0 N–H and O–H groups in total. The number of hydrogen-bond donors (Lipinski definition) is 0. The lowest BCUT2D eigenvalue weighted by molar-refractivity contribution is -0.106. The summed E-state index contributed by atoms with van der Waals surface area (Å²) in [5.41, 5.74) is 2.03. The number of methoxy groups -OCH3 is 2. The minimum absolute atomic E-state index is 0.412. The quantitative estimate of drug-likeness (QED) is 0.735. The highest BCUT2D eigenvalue weighted by atomic mass is 79.9. The van der Waals surface area contributed by atoms with E-state index in [2.05, 4.69) is 15.9 Å². The summed E-state index contributed by atoms with van der Waals surface area (Å²) in [5, 5.41) is 0. The van der Waals surface area contributed by atoms with E-state index in [-0.39, 0.29) is 0 Å². The van der Waals surface area contributed by atoms with Crippen molar-refractivity contribution in [2.45, 2.75) is 12.9 Å². The van der Waals surface area contributed by atoms with Gasteiger partial charge in [-0.05, 0) is 23.8 Å². The third-order valence-electron chi connectivity index (χ3n) is 2.90. The van der Waals surface area contributed by atoms with Crippen molar-refractivity contribution in [1.29, 1.82) is 0 Å². The van der Waals surface area contributed by atoms with Crippen LogP contribution in [0.25, 0.3) is 0 Å². The summed E-state index contributed by atoms with van der Waals surface area (Å²) in [5.74, 6) is 0.783. The molecule has 4 heteroatoms. The summed E-state index contributed by atoms with van der Waals surface area (Å²) in [6.45, 7) is 0.534. The van der Waals surface area contributed by atoms with E-state index in [0.717, 1.165) is 21.3 Å². The van der Waals surface area contributed by atoms with E-state index in [1.807, 2.05) is 48.5 Å². The smallest absolute Gasteiger partial charge is 0.184 e. The summed E-state index contributed by atoms with van der Waals surface area (Å²) in [7, 11) is 3.22. The van der Waals surface area contributed by atoms with Crippen LogP contribution in [0, 0.1) is 0 Å².